The standard InChI is InChI=1S/C17H19NO/c1-2-7-14(8-3-1)16-10-4-5-11-17(16)19-15-9-6-12-18-13-15/h1-5,7-8,10-11,15,18H,6,9,12-13H2. The van der Waals surface area contributed by atoms with Gasteiger partial charge >= 0.3 is 0 Å². The number of para-hydroxylation sites is 1. The van der Waals surface area contributed by atoms with E-state index in [4.69, 9.17) is 4.74 Å². The summed E-state index contributed by atoms with van der Waals surface area (Å²) < 4.78 is 6.18. The van der Waals surface area contributed by atoms with Gasteiger partial charge in [-0.2, -0.15) is 0 Å². The Morgan fingerprint density at radius 2 is 1.74 bits per heavy atom. The lowest BCUT2D eigenvalue weighted by Gasteiger charge is -2.25. The lowest BCUT2D eigenvalue weighted by Crippen LogP contribution is -2.37. The van der Waals surface area contributed by atoms with Crippen LogP contribution in [0.3, 0.4) is 0 Å². The van der Waals surface area contributed by atoms with E-state index in [1.165, 1.54) is 17.5 Å². The van der Waals surface area contributed by atoms with Crippen LogP contribution in [0, 0.1) is 0 Å². The third-order valence-corrected chi connectivity index (χ3v) is 3.52. The predicted octanol–water partition coefficient (Wildman–Crippen LogP) is 3.48. The Morgan fingerprint density at radius 3 is 2.53 bits per heavy atom. The highest BCUT2D eigenvalue weighted by molar-refractivity contribution is 5.70. The molecular weight excluding hydrogens is 234 g/mol. The zero-order valence-corrected chi connectivity index (χ0v) is 11.0. The maximum Gasteiger partial charge on any atom is 0.127 e. The predicted molar refractivity (Wildman–Crippen MR) is 78.4 cm³/mol. The molecule has 1 heterocycles. The second-order valence-corrected chi connectivity index (χ2v) is 4.95. The van der Waals surface area contributed by atoms with Gasteiger partial charge in [0.05, 0.1) is 0 Å². The lowest BCUT2D eigenvalue weighted by molar-refractivity contribution is 0.168. The molecule has 0 aliphatic carbocycles. The molecule has 0 bridgehead atoms. The van der Waals surface area contributed by atoms with Gasteiger partial charge in [0.25, 0.3) is 0 Å². The van der Waals surface area contributed by atoms with Gasteiger partial charge in [0.2, 0.25) is 0 Å². The normalized spacial score (nSPS) is 19.1. The fraction of sp³-hybridized carbons (Fsp3) is 0.294. The van der Waals surface area contributed by atoms with Gasteiger partial charge in [0, 0.05) is 12.1 Å². The molecule has 2 aromatic carbocycles. The molecule has 1 aliphatic heterocycles. The Kier molecular flexibility index (Phi) is 3.80. The molecule has 0 aromatic heterocycles. The summed E-state index contributed by atoms with van der Waals surface area (Å²) in [5.41, 5.74) is 2.38. The Morgan fingerprint density at radius 1 is 0.947 bits per heavy atom. The van der Waals surface area contributed by atoms with Gasteiger partial charge in [-0.05, 0) is 31.0 Å². The summed E-state index contributed by atoms with van der Waals surface area (Å²) >= 11 is 0. The van der Waals surface area contributed by atoms with Crippen LogP contribution in [0.25, 0.3) is 11.1 Å². The molecule has 0 saturated carbocycles. The molecule has 3 rings (SSSR count). The molecular formula is C17H19NO. The van der Waals surface area contributed by atoms with E-state index >= 15 is 0 Å². The summed E-state index contributed by atoms with van der Waals surface area (Å²) in [6.07, 6.45) is 2.62. The SMILES string of the molecule is c1ccc(-c2ccccc2OC2CCCNC2)cc1. The zero-order chi connectivity index (χ0) is 12.9. The first kappa shape index (κ1) is 12.2. The monoisotopic (exact) mass is 253 g/mol. The Hall–Kier alpha value is -1.80. The molecule has 1 atom stereocenters. The molecule has 0 spiro atoms. The molecule has 1 N–H and O–H groups in total. The average molecular weight is 253 g/mol. The summed E-state index contributed by atoms with van der Waals surface area (Å²) in [6, 6.07) is 18.7. The van der Waals surface area contributed by atoms with Crippen molar-refractivity contribution in [1.82, 2.24) is 5.32 Å². The first-order chi connectivity index (χ1) is 9.43. The van der Waals surface area contributed by atoms with Gasteiger partial charge in [-0.1, -0.05) is 48.5 Å². The molecule has 1 saturated heterocycles. The minimum atomic E-state index is 0.290. The third kappa shape index (κ3) is 2.96. The van der Waals surface area contributed by atoms with E-state index in [1.54, 1.807) is 0 Å². The fourth-order valence-electron chi connectivity index (χ4n) is 2.53. The van der Waals surface area contributed by atoms with Crippen LogP contribution in [-0.4, -0.2) is 19.2 Å². The van der Waals surface area contributed by atoms with Crippen LogP contribution in [-0.2, 0) is 0 Å². The molecule has 1 unspecified atom stereocenters. The van der Waals surface area contributed by atoms with Crippen molar-refractivity contribution in [1.29, 1.82) is 0 Å². The molecule has 2 nitrogen and oxygen atoms in total. The number of nitrogens with one attached hydrogen (secondary N) is 1. The van der Waals surface area contributed by atoms with E-state index in [1.807, 2.05) is 12.1 Å². The quantitative estimate of drug-likeness (QED) is 0.904. The van der Waals surface area contributed by atoms with Crippen LogP contribution in [0.2, 0.25) is 0 Å². The highest BCUT2D eigenvalue weighted by Crippen LogP contribution is 2.30. The van der Waals surface area contributed by atoms with E-state index in [0.29, 0.717) is 6.10 Å². The van der Waals surface area contributed by atoms with Gasteiger partial charge in [0.1, 0.15) is 11.9 Å². The molecule has 1 fully saturated rings. The summed E-state index contributed by atoms with van der Waals surface area (Å²) in [4.78, 5) is 0. The number of rotatable bonds is 3. The number of ether oxygens (including phenoxy) is 1. The van der Waals surface area contributed by atoms with Crippen LogP contribution >= 0.6 is 0 Å². The summed E-state index contributed by atoms with van der Waals surface area (Å²) in [7, 11) is 0. The van der Waals surface area contributed by atoms with Crippen LogP contribution in [0.4, 0.5) is 0 Å². The van der Waals surface area contributed by atoms with E-state index in [0.717, 1.165) is 25.3 Å². The minimum absolute atomic E-state index is 0.290. The smallest absolute Gasteiger partial charge is 0.127 e. The highest BCUT2D eigenvalue weighted by Gasteiger charge is 2.16. The Labute approximate surface area is 114 Å². The van der Waals surface area contributed by atoms with Gasteiger partial charge in [-0.25, -0.2) is 0 Å². The topological polar surface area (TPSA) is 21.3 Å². The van der Waals surface area contributed by atoms with Crippen LogP contribution in [0.15, 0.2) is 54.6 Å². The number of hydrogen-bond acceptors (Lipinski definition) is 2. The highest BCUT2D eigenvalue weighted by atomic mass is 16.5. The van der Waals surface area contributed by atoms with Gasteiger partial charge in [0.15, 0.2) is 0 Å². The minimum Gasteiger partial charge on any atom is -0.488 e. The number of hydrogen-bond donors (Lipinski definition) is 1. The molecule has 2 heteroatoms. The van der Waals surface area contributed by atoms with E-state index in [-0.39, 0.29) is 0 Å². The van der Waals surface area contributed by atoms with Crippen LogP contribution in [0.5, 0.6) is 5.75 Å². The van der Waals surface area contributed by atoms with Crippen LogP contribution < -0.4 is 10.1 Å². The maximum absolute atomic E-state index is 6.18. The van der Waals surface area contributed by atoms with Crippen molar-refractivity contribution in [2.24, 2.45) is 0 Å². The first-order valence-corrected chi connectivity index (χ1v) is 6.95. The molecule has 19 heavy (non-hydrogen) atoms. The van der Waals surface area contributed by atoms with Crippen LogP contribution in [0.1, 0.15) is 12.8 Å². The van der Waals surface area contributed by atoms with E-state index < -0.39 is 0 Å². The second-order valence-electron chi connectivity index (χ2n) is 4.95. The molecule has 0 amide bonds. The zero-order valence-electron chi connectivity index (χ0n) is 11.0. The lowest BCUT2D eigenvalue weighted by atomic mass is 10.0. The summed E-state index contributed by atoms with van der Waals surface area (Å²) in [5.74, 6) is 0.988. The van der Waals surface area contributed by atoms with Crippen molar-refractivity contribution in [2.75, 3.05) is 13.1 Å². The van der Waals surface area contributed by atoms with E-state index in [2.05, 4.69) is 47.8 Å². The van der Waals surface area contributed by atoms with Gasteiger partial charge < -0.3 is 10.1 Å². The van der Waals surface area contributed by atoms with Crippen molar-refractivity contribution in [3.8, 4) is 16.9 Å². The second kappa shape index (κ2) is 5.89. The third-order valence-electron chi connectivity index (χ3n) is 3.52. The van der Waals surface area contributed by atoms with Crippen molar-refractivity contribution >= 4 is 0 Å². The fourth-order valence-corrected chi connectivity index (χ4v) is 2.53. The maximum atomic E-state index is 6.18. The number of benzene rings is 2. The van der Waals surface area contributed by atoms with E-state index in [9.17, 15) is 0 Å². The van der Waals surface area contributed by atoms with Crippen molar-refractivity contribution < 1.29 is 4.74 Å². The molecule has 2 aromatic rings. The molecule has 0 radical (unpaired) electrons. The van der Waals surface area contributed by atoms with Crippen molar-refractivity contribution in [2.45, 2.75) is 18.9 Å². The Bertz CT molecular complexity index is 518. The Balaban J connectivity index is 1.85. The summed E-state index contributed by atoms with van der Waals surface area (Å²) in [5, 5.41) is 3.39. The van der Waals surface area contributed by atoms with Crippen molar-refractivity contribution in [3.63, 3.8) is 0 Å². The largest absolute Gasteiger partial charge is 0.488 e. The van der Waals surface area contributed by atoms with Gasteiger partial charge in [-0.15, -0.1) is 0 Å². The molecule has 1 aliphatic rings. The van der Waals surface area contributed by atoms with Crippen molar-refractivity contribution in [3.05, 3.63) is 54.6 Å². The number of piperidine rings is 1. The summed E-state index contributed by atoms with van der Waals surface area (Å²) in [6.45, 7) is 2.06. The first-order valence-electron chi connectivity index (χ1n) is 6.95. The molecule has 98 valence electrons. The van der Waals surface area contributed by atoms with Gasteiger partial charge in [-0.3, -0.25) is 0 Å². The average Bonchev–Trinajstić information content (AvgIpc) is 2.50.